The third-order valence-corrected chi connectivity index (χ3v) is 3.79. The first-order chi connectivity index (χ1) is 12.0. The van der Waals surface area contributed by atoms with Gasteiger partial charge in [-0.05, 0) is 30.5 Å². The second-order valence-electron chi connectivity index (χ2n) is 5.64. The van der Waals surface area contributed by atoms with E-state index in [2.05, 4.69) is 5.32 Å². The maximum atomic E-state index is 14.0. The van der Waals surface area contributed by atoms with E-state index in [0.29, 0.717) is 12.2 Å². The highest BCUT2D eigenvalue weighted by Crippen LogP contribution is 2.17. The van der Waals surface area contributed by atoms with Crippen molar-refractivity contribution in [2.45, 2.75) is 25.3 Å². The van der Waals surface area contributed by atoms with Gasteiger partial charge in [0.1, 0.15) is 11.6 Å². The number of ether oxygens (including phenoxy) is 1. The van der Waals surface area contributed by atoms with Crippen molar-refractivity contribution in [2.75, 3.05) is 7.11 Å². The van der Waals surface area contributed by atoms with Crippen molar-refractivity contribution in [3.63, 3.8) is 0 Å². The van der Waals surface area contributed by atoms with Gasteiger partial charge >= 0.3 is 5.97 Å². The van der Waals surface area contributed by atoms with Gasteiger partial charge in [0, 0.05) is 18.5 Å². The van der Waals surface area contributed by atoms with Crippen molar-refractivity contribution in [3.05, 3.63) is 65.5 Å². The van der Waals surface area contributed by atoms with Crippen LogP contribution >= 0.6 is 0 Å². The van der Waals surface area contributed by atoms with Crippen LogP contribution in [-0.2, 0) is 11.2 Å². The Bertz CT molecular complexity index is 733. The largest absolute Gasteiger partial charge is 0.497 e. The van der Waals surface area contributed by atoms with Gasteiger partial charge in [-0.3, -0.25) is 9.59 Å². The first kappa shape index (κ1) is 18.4. The Hall–Kier alpha value is -2.89. The van der Waals surface area contributed by atoms with Crippen LogP contribution in [0.4, 0.5) is 4.39 Å². The quantitative estimate of drug-likeness (QED) is 0.771. The summed E-state index contributed by atoms with van der Waals surface area (Å²) < 4.78 is 19.0. The highest BCUT2D eigenvalue weighted by atomic mass is 19.1. The van der Waals surface area contributed by atoms with Crippen LogP contribution in [0.2, 0.25) is 0 Å². The van der Waals surface area contributed by atoms with E-state index in [-0.39, 0.29) is 18.4 Å². The molecule has 0 aliphatic heterocycles. The lowest BCUT2D eigenvalue weighted by Gasteiger charge is -2.18. The van der Waals surface area contributed by atoms with Gasteiger partial charge in [0.2, 0.25) is 0 Å². The molecule has 0 spiro atoms. The first-order valence-corrected chi connectivity index (χ1v) is 7.89. The zero-order chi connectivity index (χ0) is 18.2. The zero-order valence-electron chi connectivity index (χ0n) is 13.9. The van der Waals surface area contributed by atoms with Crippen LogP contribution in [-0.4, -0.2) is 30.1 Å². The Kier molecular flexibility index (Phi) is 6.51. The van der Waals surface area contributed by atoms with E-state index in [1.807, 2.05) is 30.3 Å². The number of carboxylic acids is 1. The number of carboxylic acid groups (broad SMARTS) is 1. The number of carbonyl (C=O) groups excluding carboxylic acids is 1. The van der Waals surface area contributed by atoms with Crippen molar-refractivity contribution in [1.82, 2.24) is 5.32 Å². The number of methoxy groups -OCH3 is 1. The highest BCUT2D eigenvalue weighted by Gasteiger charge is 2.18. The minimum atomic E-state index is -0.942. The van der Waals surface area contributed by atoms with E-state index in [1.54, 1.807) is 0 Å². The number of halogens is 1. The van der Waals surface area contributed by atoms with Crippen LogP contribution in [0.1, 0.15) is 28.8 Å². The summed E-state index contributed by atoms with van der Waals surface area (Å²) in [7, 11) is 1.41. The van der Waals surface area contributed by atoms with Gasteiger partial charge in [-0.15, -0.1) is 0 Å². The lowest BCUT2D eigenvalue weighted by atomic mass is 10.0. The Morgan fingerprint density at radius 1 is 1.20 bits per heavy atom. The van der Waals surface area contributed by atoms with E-state index < -0.39 is 23.7 Å². The molecule has 2 N–H and O–H groups in total. The number of carbonyl (C=O) groups is 2. The molecule has 0 saturated heterocycles. The summed E-state index contributed by atoms with van der Waals surface area (Å²) in [4.78, 5) is 23.2. The number of nitrogens with one attached hydrogen (secondary N) is 1. The third kappa shape index (κ3) is 5.60. The summed E-state index contributed by atoms with van der Waals surface area (Å²) in [6.45, 7) is 0. The number of benzene rings is 2. The van der Waals surface area contributed by atoms with Gasteiger partial charge in [-0.25, -0.2) is 4.39 Å². The summed E-state index contributed by atoms with van der Waals surface area (Å²) in [6.07, 6.45) is 0.647. The Morgan fingerprint density at radius 2 is 1.92 bits per heavy atom. The molecule has 2 rings (SSSR count). The average molecular weight is 345 g/mol. The highest BCUT2D eigenvalue weighted by molar-refractivity contribution is 5.94. The average Bonchev–Trinajstić information content (AvgIpc) is 2.60. The lowest BCUT2D eigenvalue weighted by molar-refractivity contribution is -0.137. The monoisotopic (exact) mass is 345 g/mol. The fourth-order valence-electron chi connectivity index (χ4n) is 2.49. The van der Waals surface area contributed by atoms with Gasteiger partial charge < -0.3 is 15.2 Å². The fraction of sp³-hybridized carbons (Fsp3) is 0.263. The summed E-state index contributed by atoms with van der Waals surface area (Å²) in [5, 5.41) is 11.6. The second kappa shape index (κ2) is 8.82. The molecule has 0 fully saturated rings. The molecule has 0 aromatic heterocycles. The Morgan fingerprint density at radius 3 is 2.52 bits per heavy atom. The fourth-order valence-corrected chi connectivity index (χ4v) is 2.49. The number of amides is 1. The van der Waals surface area contributed by atoms with Gasteiger partial charge in [-0.2, -0.15) is 0 Å². The maximum Gasteiger partial charge on any atom is 0.303 e. The molecule has 2 aromatic carbocycles. The first-order valence-electron chi connectivity index (χ1n) is 7.89. The number of rotatable bonds is 8. The van der Waals surface area contributed by atoms with Crippen molar-refractivity contribution >= 4 is 11.9 Å². The number of hydrogen-bond acceptors (Lipinski definition) is 3. The van der Waals surface area contributed by atoms with Gasteiger partial charge in [-0.1, -0.05) is 30.3 Å². The van der Waals surface area contributed by atoms with E-state index in [4.69, 9.17) is 9.84 Å². The minimum absolute atomic E-state index is 0.0805. The molecule has 0 heterocycles. The molecule has 0 saturated carbocycles. The van der Waals surface area contributed by atoms with Gasteiger partial charge in [0.05, 0.1) is 12.7 Å². The van der Waals surface area contributed by atoms with Crippen molar-refractivity contribution < 1.29 is 23.8 Å². The molecule has 25 heavy (non-hydrogen) atoms. The normalized spacial score (nSPS) is 11.6. The van der Waals surface area contributed by atoms with Crippen LogP contribution in [0, 0.1) is 5.82 Å². The Balaban J connectivity index is 2.11. The summed E-state index contributed by atoms with van der Waals surface area (Å²) >= 11 is 0. The maximum absolute atomic E-state index is 14.0. The molecule has 1 unspecified atom stereocenters. The SMILES string of the molecule is COc1ccc(C(=O)NC(CCC(=O)O)Cc2ccccc2)c(F)c1. The molecule has 6 heteroatoms. The summed E-state index contributed by atoms with van der Waals surface area (Å²) in [5.74, 6) is -1.89. The van der Waals surface area contributed by atoms with Crippen LogP contribution in [0.5, 0.6) is 5.75 Å². The van der Waals surface area contributed by atoms with Crippen LogP contribution in [0.25, 0.3) is 0 Å². The van der Waals surface area contributed by atoms with E-state index in [1.165, 1.54) is 19.2 Å². The van der Waals surface area contributed by atoms with Crippen LogP contribution in [0.3, 0.4) is 0 Å². The van der Waals surface area contributed by atoms with Crippen LogP contribution < -0.4 is 10.1 Å². The molecular formula is C19H20FNO4. The molecule has 0 bridgehead atoms. The standard InChI is InChI=1S/C19H20FNO4/c1-25-15-8-9-16(17(20)12-15)19(24)21-14(7-10-18(22)23)11-13-5-3-2-4-6-13/h2-6,8-9,12,14H,7,10-11H2,1H3,(H,21,24)(H,22,23). The molecular weight excluding hydrogens is 325 g/mol. The molecule has 0 aliphatic carbocycles. The summed E-state index contributed by atoms with van der Waals surface area (Å²) in [5.41, 5.74) is 0.863. The number of aliphatic carboxylic acids is 1. The Labute approximate surface area is 145 Å². The zero-order valence-corrected chi connectivity index (χ0v) is 13.9. The third-order valence-electron chi connectivity index (χ3n) is 3.79. The molecule has 0 radical (unpaired) electrons. The molecule has 1 atom stereocenters. The smallest absolute Gasteiger partial charge is 0.303 e. The molecule has 5 nitrogen and oxygen atoms in total. The lowest BCUT2D eigenvalue weighted by Crippen LogP contribution is -2.37. The molecule has 1 amide bonds. The predicted octanol–water partition coefficient (Wildman–Crippen LogP) is 3.04. The van der Waals surface area contributed by atoms with Crippen molar-refractivity contribution in [3.8, 4) is 5.75 Å². The molecule has 0 aliphatic rings. The van der Waals surface area contributed by atoms with Crippen LogP contribution in [0.15, 0.2) is 48.5 Å². The minimum Gasteiger partial charge on any atom is -0.497 e. The molecule has 132 valence electrons. The number of hydrogen-bond donors (Lipinski definition) is 2. The predicted molar refractivity (Wildman–Crippen MR) is 91.2 cm³/mol. The summed E-state index contributed by atoms with van der Waals surface area (Å²) in [6, 6.07) is 13.0. The second-order valence-corrected chi connectivity index (χ2v) is 5.64. The van der Waals surface area contributed by atoms with Crippen molar-refractivity contribution in [1.29, 1.82) is 0 Å². The molecule has 2 aromatic rings. The van der Waals surface area contributed by atoms with E-state index in [0.717, 1.165) is 11.6 Å². The topological polar surface area (TPSA) is 75.6 Å². The van der Waals surface area contributed by atoms with Crippen molar-refractivity contribution in [2.24, 2.45) is 0 Å². The van der Waals surface area contributed by atoms with Gasteiger partial charge in [0.15, 0.2) is 0 Å². The van der Waals surface area contributed by atoms with E-state index in [9.17, 15) is 14.0 Å². The van der Waals surface area contributed by atoms with Gasteiger partial charge in [0.25, 0.3) is 5.91 Å². The van der Waals surface area contributed by atoms with E-state index >= 15 is 0 Å².